The molecule has 0 amide bonds. The quantitative estimate of drug-likeness (QED) is 0.454. The van der Waals surface area contributed by atoms with Gasteiger partial charge in [-0.1, -0.05) is 43.9 Å². The smallest absolute Gasteiger partial charge is 0.270 e. The van der Waals surface area contributed by atoms with E-state index in [1.54, 1.807) is 23.1 Å². The highest BCUT2D eigenvalue weighted by molar-refractivity contribution is 8.67. The zero-order chi connectivity index (χ0) is 16.9. The van der Waals surface area contributed by atoms with E-state index >= 15 is 0 Å². The van der Waals surface area contributed by atoms with Crippen molar-refractivity contribution in [2.24, 2.45) is 10.9 Å². The number of thioether (sulfide) groups is 1. The monoisotopic (exact) mass is 395 g/mol. The first-order chi connectivity index (χ1) is 11.0. The van der Waals surface area contributed by atoms with Crippen LogP contribution in [-0.2, 0) is 21.0 Å². The molecule has 132 valence electrons. The van der Waals surface area contributed by atoms with E-state index in [9.17, 15) is 0 Å². The lowest BCUT2D eigenvalue weighted by Crippen LogP contribution is -2.35. The Morgan fingerprint density at radius 2 is 2.26 bits per heavy atom. The van der Waals surface area contributed by atoms with Gasteiger partial charge in [0.2, 0.25) is 0 Å². The van der Waals surface area contributed by atoms with Gasteiger partial charge < -0.3 is 9.42 Å². The summed E-state index contributed by atoms with van der Waals surface area (Å²) in [6.45, 7) is 10.9. The Balaban J connectivity index is 2.11. The first kappa shape index (κ1) is 19.6. The molecule has 0 radical (unpaired) electrons. The van der Waals surface area contributed by atoms with E-state index in [0.717, 1.165) is 42.7 Å². The zero-order valence-corrected chi connectivity index (χ0v) is 17.5. The van der Waals surface area contributed by atoms with E-state index in [0.29, 0.717) is 12.5 Å². The third-order valence-electron chi connectivity index (χ3n) is 3.24. The van der Waals surface area contributed by atoms with Crippen molar-refractivity contribution in [3.8, 4) is 0 Å². The van der Waals surface area contributed by atoms with Gasteiger partial charge in [-0.25, -0.2) is 10.1 Å². The van der Waals surface area contributed by atoms with Gasteiger partial charge in [0.25, 0.3) is 5.69 Å². The largest absolute Gasteiger partial charge is 0.321 e. The van der Waals surface area contributed by atoms with Crippen LogP contribution in [0.1, 0.15) is 40.5 Å². The van der Waals surface area contributed by atoms with Crippen LogP contribution < -0.4 is 5.48 Å². The van der Waals surface area contributed by atoms with E-state index in [2.05, 4.69) is 36.1 Å². The SMILES string of the molecule is CCCSP(=S)(OCC)ONC1=C(C(C)C)SC2=NCCCN21. The highest BCUT2D eigenvalue weighted by atomic mass is 32.9. The molecule has 0 fully saturated rings. The maximum Gasteiger partial charge on any atom is 0.270 e. The first-order valence-electron chi connectivity index (χ1n) is 8.08. The second kappa shape index (κ2) is 9.11. The Bertz CT molecular complexity index is 525. The molecule has 23 heavy (non-hydrogen) atoms. The van der Waals surface area contributed by atoms with Crippen LogP contribution in [0.15, 0.2) is 15.7 Å². The van der Waals surface area contributed by atoms with E-state index in [4.69, 9.17) is 21.0 Å². The van der Waals surface area contributed by atoms with Crippen LogP contribution in [0, 0.1) is 5.92 Å². The van der Waals surface area contributed by atoms with Crippen molar-refractivity contribution in [2.75, 3.05) is 25.4 Å². The summed E-state index contributed by atoms with van der Waals surface area (Å²) in [4.78, 5) is 8.08. The number of hydrogen-bond acceptors (Lipinski definition) is 8. The summed E-state index contributed by atoms with van der Waals surface area (Å²) in [5.74, 6) is 2.35. The van der Waals surface area contributed by atoms with Crippen LogP contribution in [-0.4, -0.2) is 35.5 Å². The molecule has 0 saturated heterocycles. The summed E-state index contributed by atoms with van der Waals surface area (Å²) in [7, 11) is 0. The van der Waals surface area contributed by atoms with E-state index in [1.807, 2.05) is 6.92 Å². The molecular weight excluding hydrogens is 369 g/mol. The maximum absolute atomic E-state index is 5.93. The number of nitrogens with one attached hydrogen (secondary N) is 1. The zero-order valence-electron chi connectivity index (χ0n) is 14.2. The van der Waals surface area contributed by atoms with Crippen molar-refractivity contribution in [1.29, 1.82) is 0 Å². The van der Waals surface area contributed by atoms with Gasteiger partial charge in [0.05, 0.1) is 6.61 Å². The minimum Gasteiger partial charge on any atom is -0.321 e. The van der Waals surface area contributed by atoms with E-state index < -0.39 is 5.69 Å². The second-order valence-electron chi connectivity index (χ2n) is 5.53. The topological polar surface area (TPSA) is 46.1 Å². The van der Waals surface area contributed by atoms with Crippen molar-refractivity contribution >= 4 is 45.8 Å². The molecule has 1 atom stereocenters. The van der Waals surface area contributed by atoms with Crippen LogP contribution in [0.2, 0.25) is 0 Å². The Labute approximate surface area is 152 Å². The van der Waals surface area contributed by atoms with Gasteiger partial charge >= 0.3 is 0 Å². The fraction of sp³-hybridized carbons (Fsp3) is 0.786. The van der Waals surface area contributed by atoms with Gasteiger partial charge in [-0.3, -0.25) is 4.99 Å². The molecule has 2 aliphatic heterocycles. The number of hydroxylamine groups is 1. The van der Waals surface area contributed by atoms with Gasteiger partial charge in [0.15, 0.2) is 5.17 Å². The number of aliphatic imine (C=N–C) groups is 1. The average Bonchev–Trinajstić information content (AvgIpc) is 2.90. The summed E-state index contributed by atoms with van der Waals surface area (Å²) >= 11 is 8.99. The molecule has 2 rings (SSSR count). The summed E-state index contributed by atoms with van der Waals surface area (Å²) in [5.41, 5.74) is 0.786. The lowest BCUT2D eigenvalue weighted by Gasteiger charge is -2.28. The highest BCUT2D eigenvalue weighted by Gasteiger charge is 2.33. The fourth-order valence-electron chi connectivity index (χ4n) is 2.21. The average molecular weight is 396 g/mol. The summed E-state index contributed by atoms with van der Waals surface area (Å²) < 4.78 is 11.7. The molecule has 0 saturated carbocycles. The predicted octanol–water partition coefficient (Wildman–Crippen LogP) is 4.55. The first-order valence-corrected chi connectivity index (χ1v) is 13.1. The molecule has 2 aliphatic rings. The summed E-state index contributed by atoms with van der Waals surface area (Å²) in [6, 6.07) is 0. The van der Waals surface area contributed by atoms with Crippen LogP contribution in [0.4, 0.5) is 0 Å². The third kappa shape index (κ3) is 5.13. The summed E-state index contributed by atoms with van der Waals surface area (Å²) in [5, 5.41) is 1.07. The van der Waals surface area contributed by atoms with Gasteiger partial charge in [-0.2, -0.15) is 0 Å². The number of amidine groups is 1. The third-order valence-corrected chi connectivity index (χ3v) is 9.98. The number of allylic oxidation sites excluding steroid dienone is 1. The second-order valence-corrected chi connectivity index (χ2v) is 12.9. The van der Waals surface area contributed by atoms with Crippen LogP contribution in [0.25, 0.3) is 0 Å². The molecule has 0 bridgehead atoms. The van der Waals surface area contributed by atoms with Gasteiger partial charge in [-0.05, 0) is 37.5 Å². The van der Waals surface area contributed by atoms with Gasteiger partial charge in [0, 0.05) is 23.7 Å². The molecule has 1 unspecified atom stereocenters. The molecule has 9 heteroatoms. The number of hydrogen-bond donors (Lipinski definition) is 1. The van der Waals surface area contributed by atoms with Crippen molar-refractivity contribution in [3.05, 3.63) is 10.7 Å². The van der Waals surface area contributed by atoms with Crippen LogP contribution in [0.5, 0.6) is 0 Å². The van der Waals surface area contributed by atoms with E-state index in [-0.39, 0.29) is 0 Å². The van der Waals surface area contributed by atoms with Crippen LogP contribution in [0.3, 0.4) is 0 Å². The molecule has 0 aromatic carbocycles. The van der Waals surface area contributed by atoms with Gasteiger partial charge in [0.1, 0.15) is 5.82 Å². The molecule has 1 N–H and O–H groups in total. The highest BCUT2D eigenvalue weighted by Crippen LogP contribution is 2.60. The molecule has 0 aromatic heterocycles. The standard InChI is InChI=1S/C14H26N3O2PS3/c1-5-10-22-20(21,18-6-2)19-16-13-12(11(3)4)23-14-15-8-7-9-17(13)14/h11,16H,5-10H2,1-4H3. The Kier molecular flexibility index (Phi) is 7.76. The van der Waals surface area contributed by atoms with E-state index in [1.165, 1.54) is 4.91 Å². The molecular formula is C14H26N3O2PS3. The lowest BCUT2D eigenvalue weighted by atomic mass is 10.2. The Morgan fingerprint density at radius 1 is 1.48 bits per heavy atom. The minimum absolute atomic E-state index is 0.410. The number of rotatable bonds is 9. The van der Waals surface area contributed by atoms with Crippen molar-refractivity contribution in [3.63, 3.8) is 0 Å². The fourth-order valence-corrected chi connectivity index (χ4v) is 7.56. The molecule has 0 aliphatic carbocycles. The van der Waals surface area contributed by atoms with Crippen molar-refractivity contribution in [2.45, 2.75) is 40.5 Å². The van der Waals surface area contributed by atoms with Crippen LogP contribution >= 0.6 is 28.8 Å². The maximum atomic E-state index is 5.93. The number of nitrogens with zero attached hydrogens (tertiary/aromatic N) is 2. The molecule has 5 nitrogen and oxygen atoms in total. The molecule has 2 heterocycles. The minimum atomic E-state index is -2.36. The van der Waals surface area contributed by atoms with Crippen molar-refractivity contribution < 1.29 is 9.15 Å². The predicted molar refractivity (Wildman–Crippen MR) is 106 cm³/mol. The Morgan fingerprint density at radius 3 is 2.91 bits per heavy atom. The Hall–Kier alpha value is 0.280. The lowest BCUT2D eigenvalue weighted by molar-refractivity contribution is 0.184. The van der Waals surface area contributed by atoms with Gasteiger partial charge in [-0.15, -0.1) is 0 Å². The number of fused-ring (bicyclic) bond motifs is 1. The normalized spacial score (nSPS) is 20.6. The summed E-state index contributed by atoms with van der Waals surface area (Å²) in [6.07, 6.45) is 2.11. The van der Waals surface area contributed by atoms with Crippen molar-refractivity contribution in [1.82, 2.24) is 10.4 Å². The molecule has 0 spiro atoms. The molecule has 0 aromatic rings.